The summed E-state index contributed by atoms with van der Waals surface area (Å²) in [4.78, 5) is 17.1. The van der Waals surface area contributed by atoms with Crippen LogP contribution in [0.3, 0.4) is 0 Å². The minimum Gasteiger partial charge on any atom is -0.389 e. The first-order chi connectivity index (χ1) is 10.6. The SMILES string of the molecule is O=C(/C=C1/CN2CCC1CC2)N1CCC2(O)CCCCC2C1. The van der Waals surface area contributed by atoms with Crippen LogP contribution in [0.5, 0.6) is 0 Å². The van der Waals surface area contributed by atoms with Gasteiger partial charge in [0.2, 0.25) is 5.91 Å². The van der Waals surface area contributed by atoms with Crippen molar-refractivity contribution in [2.24, 2.45) is 11.8 Å². The van der Waals surface area contributed by atoms with Gasteiger partial charge in [-0.15, -0.1) is 0 Å². The number of likely N-dealkylation sites (tertiary alicyclic amines) is 1. The van der Waals surface area contributed by atoms with Gasteiger partial charge in [-0.2, -0.15) is 0 Å². The molecule has 0 aromatic rings. The molecule has 1 amide bonds. The maximum Gasteiger partial charge on any atom is 0.246 e. The Bertz CT molecular complexity index is 481. The summed E-state index contributed by atoms with van der Waals surface area (Å²) in [5.74, 6) is 1.13. The highest BCUT2D eigenvalue weighted by Gasteiger charge is 2.43. The second-order valence-corrected chi connectivity index (χ2v) is 7.85. The number of rotatable bonds is 1. The number of aliphatic hydroxyl groups is 1. The average Bonchev–Trinajstić information content (AvgIpc) is 2.55. The quantitative estimate of drug-likeness (QED) is 0.751. The van der Waals surface area contributed by atoms with Crippen LogP contribution in [-0.2, 0) is 4.79 Å². The Kier molecular flexibility index (Phi) is 3.77. The highest BCUT2D eigenvalue weighted by molar-refractivity contribution is 5.88. The van der Waals surface area contributed by atoms with E-state index in [4.69, 9.17) is 0 Å². The van der Waals surface area contributed by atoms with Gasteiger partial charge in [0.05, 0.1) is 5.60 Å². The molecule has 4 nitrogen and oxygen atoms in total. The largest absolute Gasteiger partial charge is 0.389 e. The maximum absolute atomic E-state index is 12.7. The lowest BCUT2D eigenvalue weighted by Crippen LogP contribution is -2.54. The van der Waals surface area contributed by atoms with Gasteiger partial charge in [-0.1, -0.05) is 12.8 Å². The molecular weight excluding hydrogens is 276 g/mol. The molecule has 4 saturated heterocycles. The molecule has 1 aliphatic carbocycles. The number of fused-ring (bicyclic) bond motifs is 4. The molecule has 2 atom stereocenters. The first-order valence-electron chi connectivity index (χ1n) is 9.08. The Morgan fingerprint density at radius 1 is 1.14 bits per heavy atom. The summed E-state index contributed by atoms with van der Waals surface area (Å²) < 4.78 is 0. The van der Waals surface area contributed by atoms with Gasteiger partial charge in [-0.25, -0.2) is 0 Å². The van der Waals surface area contributed by atoms with Crippen LogP contribution in [0.4, 0.5) is 0 Å². The number of piperidine rings is 4. The molecule has 122 valence electrons. The van der Waals surface area contributed by atoms with E-state index in [2.05, 4.69) is 4.90 Å². The van der Waals surface area contributed by atoms with Gasteiger partial charge < -0.3 is 10.0 Å². The van der Waals surface area contributed by atoms with Gasteiger partial charge in [0.25, 0.3) is 0 Å². The molecular formula is C18H28N2O2. The molecule has 4 aliphatic heterocycles. The second-order valence-electron chi connectivity index (χ2n) is 7.85. The molecule has 2 unspecified atom stereocenters. The van der Waals surface area contributed by atoms with Crippen LogP contribution >= 0.6 is 0 Å². The summed E-state index contributed by atoms with van der Waals surface area (Å²) in [5.41, 5.74) is 0.865. The molecule has 0 aromatic carbocycles. The minimum absolute atomic E-state index is 0.191. The van der Waals surface area contributed by atoms with Crippen LogP contribution in [-0.4, -0.2) is 59.1 Å². The predicted octanol–water partition coefficient (Wildman–Crippen LogP) is 1.79. The van der Waals surface area contributed by atoms with Gasteiger partial charge in [0, 0.05) is 31.6 Å². The summed E-state index contributed by atoms with van der Waals surface area (Å²) >= 11 is 0. The van der Waals surface area contributed by atoms with Crippen molar-refractivity contribution in [1.82, 2.24) is 9.80 Å². The van der Waals surface area contributed by atoms with Crippen molar-refractivity contribution in [3.63, 3.8) is 0 Å². The highest BCUT2D eigenvalue weighted by atomic mass is 16.3. The van der Waals surface area contributed by atoms with Crippen molar-refractivity contribution in [3.8, 4) is 0 Å². The molecule has 2 bridgehead atoms. The number of nitrogens with zero attached hydrogens (tertiary/aromatic N) is 2. The zero-order valence-corrected chi connectivity index (χ0v) is 13.5. The van der Waals surface area contributed by atoms with E-state index in [0.29, 0.717) is 11.8 Å². The topological polar surface area (TPSA) is 43.8 Å². The Morgan fingerprint density at radius 3 is 2.68 bits per heavy atom. The summed E-state index contributed by atoms with van der Waals surface area (Å²) in [6.45, 7) is 4.89. The molecule has 5 rings (SSSR count). The predicted molar refractivity (Wildman–Crippen MR) is 85.4 cm³/mol. The molecule has 22 heavy (non-hydrogen) atoms. The zero-order chi connectivity index (χ0) is 15.2. The van der Waals surface area contributed by atoms with Gasteiger partial charge in [-0.05, 0) is 56.7 Å². The first kappa shape index (κ1) is 14.7. The molecule has 1 saturated carbocycles. The number of carbonyl (C=O) groups is 1. The third kappa shape index (κ3) is 2.61. The van der Waals surface area contributed by atoms with E-state index < -0.39 is 5.60 Å². The standard InChI is InChI=1S/C18H28N2O2/c21-17(11-15-12-19-8-4-14(15)5-9-19)20-10-7-18(22)6-2-1-3-16(18)13-20/h11,14,16,22H,1-10,12-13H2/b15-11-. The summed E-state index contributed by atoms with van der Waals surface area (Å²) in [5, 5.41) is 10.7. The lowest BCUT2D eigenvalue weighted by Gasteiger charge is -2.47. The van der Waals surface area contributed by atoms with E-state index in [1.807, 2.05) is 11.0 Å². The summed E-state index contributed by atoms with van der Waals surface area (Å²) in [7, 11) is 0. The Morgan fingerprint density at radius 2 is 1.95 bits per heavy atom. The molecule has 0 radical (unpaired) electrons. The Labute approximate surface area is 133 Å². The van der Waals surface area contributed by atoms with Crippen LogP contribution in [0.25, 0.3) is 0 Å². The highest BCUT2D eigenvalue weighted by Crippen LogP contribution is 2.40. The van der Waals surface area contributed by atoms with Crippen LogP contribution in [0, 0.1) is 11.8 Å². The molecule has 0 spiro atoms. The normalized spacial score (nSPS) is 43.2. The Hall–Kier alpha value is -0.870. The van der Waals surface area contributed by atoms with E-state index in [-0.39, 0.29) is 5.91 Å². The molecule has 4 heteroatoms. The van der Waals surface area contributed by atoms with Crippen molar-refractivity contribution in [2.45, 2.75) is 50.5 Å². The van der Waals surface area contributed by atoms with Crippen LogP contribution in [0.15, 0.2) is 11.6 Å². The third-order valence-electron chi connectivity index (χ3n) is 6.57. The van der Waals surface area contributed by atoms with E-state index in [9.17, 15) is 9.90 Å². The average molecular weight is 304 g/mol. The molecule has 4 heterocycles. The zero-order valence-electron chi connectivity index (χ0n) is 13.5. The van der Waals surface area contributed by atoms with E-state index in [0.717, 1.165) is 45.3 Å². The molecule has 0 aromatic heterocycles. The van der Waals surface area contributed by atoms with Crippen LogP contribution < -0.4 is 0 Å². The molecule has 5 fully saturated rings. The number of amides is 1. The van der Waals surface area contributed by atoms with E-state index in [1.54, 1.807) is 0 Å². The minimum atomic E-state index is -0.488. The maximum atomic E-state index is 12.7. The smallest absolute Gasteiger partial charge is 0.246 e. The van der Waals surface area contributed by atoms with Crippen molar-refractivity contribution in [2.75, 3.05) is 32.7 Å². The fourth-order valence-electron chi connectivity index (χ4n) is 5.03. The van der Waals surface area contributed by atoms with Gasteiger partial charge in [-0.3, -0.25) is 9.69 Å². The molecule has 5 aliphatic rings. The number of hydrogen-bond acceptors (Lipinski definition) is 3. The first-order valence-corrected chi connectivity index (χ1v) is 9.08. The molecule has 1 N–H and O–H groups in total. The number of carbonyl (C=O) groups excluding carboxylic acids is 1. The lowest BCUT2D eigenvalue weighted by molar-refractivity contribution is -0.138. The van der Waals surface area contributed by atoms with Crippen LogP contribution in [0.2, 0.25) is 0 Å². The summed E-state index contributed by atoms with van der Waals surface area (Å²) in [6.07, 6.45) is 9.50. The second kappa shape index (κ2) is 5.64. The van der Waals surface area contributed by atoms with Gasteiger partial charge >= 0.3 is 0 Å². The third-order valence-corrected chi connectivity index (χ3v) is 6.57. The fourth-order valence-corrected chi connectivity index (χ4v) is 5.03. The lowest BCUT2D eigenvalue weighted by atomic mass is 9.71. The van der Waals surface area contributed by atoms with E-state index in [1.165, 1.54) is 37.9 Å². The number of hydrogen-bond donors (Lipinski definition) is 1. The summed E-state index contributed by atoms with van der Waals surface area (Å²) in [6, 6.07) is 0. The van der Waals surface area contributed by atoms with Crippen molar-refractivity contribution in [1.29, 1.82) is 0 Å². The van der Waals surface area contributed by atoms with Crippen molar-refractivity contribution < 1.29 is 9.90 Å². The van der Waals surface area contributed by atoms with Crippen LogP contribution in [0.1, 0.15) is 44.9 Å². The Balaban J connectivity index is 1.43. The van der Waals surface area contributed by atoms with Gasteiger partial charge in [0.15, 0.2) is 0 Å². The van der Waals surface area contributed by atoms with E-state index >= 15 is 0 Å². The van der Waals surface area contributed by atoms with Gasteiger partial charge in [0.1, 0.15) is 0 Å². The van der Waals surface area contributed by atoms with Crippen molar-refractivity contribution in [3.05, 3.63) is 11.6 Å². The monoisotopic (exact) mass is 304 g/mol. The van der Waals surface area contributed by atoms with Crippen molar-refractivity contribution >= 4 is 5.91 Å². The fraction of sp³-hybridized carbons (Fsp3) is 0.833.